The number of likely N-dealkylation sites (tertiary alicyclic amines) is 1. The molecule has 0 unspecified atom stereocenters. The lowest BCUT2D eigenvalue weighted by atomic mass is 9.90. The Balaban J connectivity index is 0.000000616. The number of carbonyl (C=O) groups is 2. The summed E-state index contributed by atoms with van der Waals surface area (Å²) in [7, 11) is 1.64. The lowest BCUT2D eigenvalue weighted by molar-refractivity contribution is -0.192. The van der Waals surface area contributed by atoms with Crippen molar-refractivity contribution in [3.05, 3.63) is 96.1 Å². The van der Waals surface area contributed by atoms with Gasteiger partial charge in [-0.3, -0.25) is 0 Å². The van der Waals surface area contributed by atoms with Crippen LogP contribution in [-0.4, -0.2) is 66.4 Å². The van der Waals surface area contributed by atoms with E-state index in [1.807, 2.05) is 47.4 Å². The summed E-state index contributed by atoms with van der Waals surface area (Å²) in [4.78, 5) is 26.5. The minimum absolute atomic E-state index is 0.0689. The molecule has 2 N–H and O–H groups in total. The van der Waals surface area contributed by atoms with Crippen LogP contribution < -0.4 is 10.1 Å². The van der Waals surface area contributed by atoms with E-state index in [4.69, 9.17) is 14.6 Å². The van der Waals surface area contributed by atoms with E-state index in [9.17, 15) is 18.0 Å². The van der Waals surface area contributed by atoms with Crippen molar-refractivity contribution in [3.8, 4) is 5.75 Å². The van der Waals surface area contributed by atoms with Gasteiger partial charge in [0.1, 0.15) is 5.75 Å². The van der Waals surface area contributed by atoms with Crippen LogP contribution in [0.3, 0.4) is 0 Å². The number of nitrogens with zero attached hydrogens (tertiary/aromatic N) is 2. The van der Waals surface area contributed by atoms with E-state index in [-0.39, 0.29) is 6.03 Å². The third-order valence-electron chi connectivity index (χ3n) is 7.06. The van der Waals surface area contributed by atoms with Crippen LogP contribution in [0.4, 0.5) is 23.7 Å². The van der Waals surface area contributed by atoms with Gasteiger partial charge >= 0.3 is 18.2 Å². The van der Waals surface area contributed by atoms with Crippen LogP contribution in [0.25, 0.3) is 0 Å². The molecule has 1 fully saturated rings. The van der Waals surface area contributed by atoms with Gasteiger partial charge in [-0.1, -0.05) is 60.7 Å². The van der Waals surface area contributed by atoms with Gasteiger partial charge in [0.15, 0.2) is 0 Å². The number of urea groups is 1. The third kappa shape index (κ3) is 11.4. The Morgan fingerprint density at radius 2 is 1.48 bits per heavy atom. The highest BCUT2D eigenvalue weighted by Gasteiger charge is 2.38. The highest BCUT2D eigenvalue weighted by Crippen LogP contribution is 2.22. The van der Waals surface area contributed by atoms with Gasteiger partial charge in [-0.15, -0.1) is 0 Å². The molecule has 226 valence electrons. The summed E-state index contributed by atoms with van der Waals surface area (Å²) in [6, 6.07) is 28.4. The fourth-order valence-electron chi connectivity index (χ4n) is 4.78. The Hall–Kier alpha value is -4.05. The number of carbonyl (C=O) groups excluding carboxylic acids is 1. The van der Waals surface area contributed by atoms with E-state index < -0.39 is 12.1 Å². The van der Waals surface area contributed by atoms with Crippen molar-refractivity contribution in [1.82, 2.24) is 9.80 Å². The molecule has 1 aliphatic heterocycles. The zero-order valence-corrected chi connectivity index (χ0v) is 23.7. The second-order valence-corrected chi connectivity index (χ2v) is 10.2. The number of methoxy groups -OCH3 is 1. The molecule has 7 nitrogen and oxygen atoms in total. The quantitative estimate of drug-likeness (QED) is 0.277. The number of amides is 2. The van der Waals surface area contributed by atoms with Crippen LogP contribution in [0.5, 0.6) is 5.75 Å². The van der Waals surface area contributed by atoms with Crippen molar-refractivity contribution >= 4 is 17.7 Å². The first kappa shape index (κ1) is 32.5. The Labute approximate surface area is 244 Å². The van der Waals surface area contributed by atoms with E-state index in [0.717, 1.165) is 55.5 Å². The topological polar surface area (TPSA) is 82.1 Å². The van der Waals surface area contributed by atoms with Crippen molar-refractivity contribution in [1.29, 1.82) is 0 Å². The summed E-state index contributed by atoms with van der Waals surface area (Å²) >= 11 is 0. The number of nitrogens with one attached hydrogen (secondary N) is 1. The smallest absolute Gasteiger partial charge is 0.490 e. The Morgan fingerprint density at radius 3 is 2.00 bits per heavy atom. The fraction of sp³-hybridized carbons (Fsp3) is 0.375. The molecule has 0 bridgehead atoms. The van der Waals surface area contributed by atoms with E-state index in [1.54, 1.807) is 7.11 Å². The van der Waals surface area contributed by atoms with Gasteiger partial charge in [0.2, 0.25) is 0 Å². The average molecular weight is 586 g/mol. The molecule has 0 spiro atoms. The lowest BCUT2D eigenvalue weighted by Crippen LogP contribution is -2.39. The van der Waals surface area contributed by atoms with E-state index in [2.05, 4.69) is 52.7 Å². The van der Waals surface area contributed by atoms with E-state index >= 15 is 0 Å². The molecule has 1 aliphatic rings. The van der Waals surface area contributed by atoms with Crippen LogP contribution in [0.1, 0.15) is 30.4 Å². The molecule has 3 aromatic rings. The monoisotopic (exact) mass is 585 g/mol. The molecule has 0 aromatic heterocycles. The zero-order chi connectivity index (χ0) is 30.4. The number of ether oxygens (including phenoxy) is 1. The first-order chi connectivity index (χ1) is 20.1. The van der Waals surface area contributed by atoms with Crippen molar-refractivity contribution < 1.29 is 32.6 Å². The maximum absolute atomic E-state index is 13.1. The van der Waals surface area contributed by atoms with Gasteiger partial charge in [0, 0.05) is 18.8 Å². The SMILES string of the molecule is COc1ccc(NC(=O)N(CCCN2CCC(Cc3ccccc3)CC2)Cc2ccccc2)cc1.O=C(O)C(F)(F)F. The van der Waals surface area contributed by atoms with Gasteiger partial charge in [-0.2, -0.15) is 13.2 Å². The number of anilines is 1. The van der Waals surface area contributed by atoms with Gasteiger partial charge < -0.3 is 25.0 Å². The minimum atomic E-state index is -5.08. The molecule has 0 atom stereocenters. The molecule has 42 heavy (non-hydrogen) atoms. The Bertz CT molecular complexity index is 1220. The fourth-order valence-corrected chi connectivity index (χ4v) is 4.78. The number of benzene rings is 3. The Morgan fingerprint density at radius 1 is 0.929 bits per heavy atom. The molecule has 10 heteroatoms. The van der Waals surface area contributed by atoms with Crippen molar-refractivity contribution in [2.24, 2.45) is 5.92 Å². The summed E-state index contributed by atoms with van der Waals surface area (Å²) in [5.74, 6) is -1.21. The maximum Gasteiger partial charge on any atom is 0.490 e. The van der Waals surface area contributed by atoms with Crippen molar-refractivity contribution in [3.63, 3.8) is 0 Å². The number of rotatable bonds is 10. The Kier molecular flexibility index (Phi) is 12.7. The van der Waals surface area contributed by atoms with Crippen LogP contribution in [0.15, 0.2) is 84.9 Å². The first-order valence-corrected chi connectivity index (χ1v) is 13.9. The predicted octanol–water partition coefficient (Wildman–Crippen LogP) is 6.71. The summed E-state index contributed by atoms with van der Waals surface area (Å²) in [5, 5.41) is 10.2. The molecular weight excluding hydrogens is 547 g/mol. The number of hydrogen-bond donors (Lipinski definition) is 2. The summed E-state index contributed by atoms with van der Waals surface area (Å²) < 4.78 is 37.0. The number of aliphatic carboxylic acids is 1. The van der Waals surface area contributed by atoms with Crippen molar-refractivity contribution in [2.45, 2.75) is 38.4 Å². The number of piperidine rings is 1. The second kappa shape index (κ2) is 16.4. The predicted molar refractivity (Wildman–Crippen MR) is 156 cm³/mol. The molecule has 0 radical (unpaired) electrons. The van der Waals surface area contributed by atoms with Crippen LogP contribution >= 0.6 is 0 Å². The highest BCUT2D eigenvalue weighted by atomic mass is 19.4. The largest absolute Gasteiger partial charge is 0.497 e. The summed E-state index contributed by atoms with van der Waals surface area (Å²) in [6.45, 7) is 4.64. The first-order valence-electron chi connectivity index (χ1n) is 13.9. The lowest BCUT2D eigenvalue weighted by Gasteiger charge is -2.32. The summed E-state index contributed by atoms with van der Waals surface area (Å²) in [5.41, 5.74) is 3.36. The molecule has 4 rings (SSSR count). The van der Waals surface area contributed by atoms with Crippen LogP contribution in [0.2, 0.25) is 0 Å². The van der Waals surface area contributed by atoms with Gasteiger partial charge in [-0.05, 0) is 86.6 Å². The van der Waals surface area contributed by atoms with Gasteiger partial charge in [-0.25, -0.2) is 9.59 Å². The maximum atomic E-state index is 13.1. The van der Waals surface area contributed by atoms with Crippen LogP contribution in [-0.2, 0) is 17.8 Å². The minimum Gasteiger partial charge on any atom is -0.497 e. The number of hydrogen-bond acceptors (Lipinski definition) is 4. The van der Waals surface area contributed by atoms with Crippen LogP contribution in [0, 0.1) is 5.92 Å². The zero-order valence-electron chi connectivity index (χ0n) is 23.7. The van der Waals surface area contributed by atoms with Gasteiger partial charge in [0.25, 0.3) is 0 Å². The molecule has 2 amide bonds. The van der Waals surface area contributed by atoms with Gasteiger partial charge in [0.05, 0.1) is 7.11 Å². The number of carboxylic acids is 1. The van der Waals surface area contributed by atoms with Crippen molar-refractivity contribution in [2.75, 3.05) is 38.6 Å². The molecule has 0 aliphatic carbocycles. The second-order valence-electron chi connectivity index (χ2n) is 10.2. The normalized spacial score (nSPS) is 13.9. The number of halogens is 3. The standard InChI is InChI=1S/C30H37N3O2.C2HF3O2/c1-35-29-15-13-28(14-16-29)31-30(34)33(24-27-11-6-3-7-12-27)20-8-19-32-21-17-26(18-22-32)23-25-9-4-2-5-10-25;3-2(4,5)1(6)7/h2-7,9-16,26H,8,17-24H2,1H3,(H,31,34);(H,6,7). The number of alkyl halides is 3. The molecule has 3 aromatic carbocycles. The third-order valence-corrected chi connectivity index (χ3v) is 7.06. The molecule has 0 saturated carbocycles. The molecule has 1 heterocycles. The molecule has 1 saturated heterocycles. The number of carboxylic acid groups (broad SMARTS) is 1. The summed E-state index contributed by atoms with van der Waals surface area (Å²) in [6.07, 6.45) is -0.432. The van der Waals surface area contributed by atoms with E-state index in [0.29, 0.717) is 6.54 Å². The van der Waals surface area contributed by atoms with E-state index in [1.165, 1.54) is 24.8 Å². The average Bonchev–Trinajstić information content (AvgIpc) is 2.99. The highest BCUT2D eigenvalue weighted by molar-refractivity contribution is 5.89. The molecular formula is C32H38F3N3O4.